The monoisotopic (exact) mass is 450 g/mol. The van der Waals surface area contributed by atoms with Crippen molar-refractivity contribution in [2.75, 3.05) is 40.3 Å². The SMILES string of the molecule is C[N+]1(C)CC[C@@](CN=[N+]=[N-])([C@H](NC(=O)OCC2c3ccccc3-c3ccccc32)C(=O)O)C1. The Balaban J connectivity index is 1.50. The second-order valence-corrected chi connectivity index (χ2v) is 9.56. The number of azide groups is 1. The molecule has 0 bridgehead atoms. The lowest BCUT2D eigenvalue weighted by molar-refractivity contribution is -0.880. The lowest BCUT2D eigenvalue weighted by atomic mass is 9.79. The van der Waals surface area contributed by atoms with Gasteiger partial charge >= 0.3 is 12.1 Å². The van der Waals surface area contributed by atoms with Crippen LogP contribution in [0.5, 0.6) is 0 Å². The second-order valence-electron chi connectivity index (χ2n) is 9.56. The molecule has 0 unspecified atom stereocenters. The van der Waals surface area contributed by atoms with Gasteiger partial charge in [-0.25, -0.2) is 9.59 Å². The summed E-state index contributed by atoms with van der Waals surface area (Å²) in [4.78, 5) is 27.8. The van der Waals surface area contributed by atoms with Gasteiger partial charge in [0.25, 0.3) is 0 Å². The number of hydrogen-bond donors (Lipinski definition) is 2. The van der Waals surface area contributed by atoms with E-state index in [2.05, 4.69) is 15.3 Å². The molecule has 9 nitrogen and oxygen atoms in total. The number of aliphatic carboxylic acids is 1. The Kier molecular flexibility index (Phi) is 6.01. The maximum atomic E-state index is 12.8. The van der Waals surface area contributed by atoms with Crippen LogP contribution in [0.1, 0.15) is 23.5 Å². The Morgan fingerprint density at radius 1 is 1.21 bits per heavy atom. The molecule has 0 radical (unpaired) electrons. The molecule has 2 aliphatic rings. The molecule has 0 aromatic heterocycles. The maximum Gasteiger partial charge on any atom is 0.407 e. The molecular formula is C24H28N5O4+. The Morgan fingerprint density at radius 2 is 1.82 bits per heavy atom. The average molecular weight is 451 g/mol. The van der Waals surface area contributed by atoms with Gasteiger partial charge in [-0.05, 0) is 27.8 Å². The fourth-order valence-electron chi connectivity index (χ4n) is 5.40. The number of rotatable bonds is 7. The first-order valence-corrected chi connectivity index (χ1v) is 10.9. The highest BCUT2D eigenvalue weighted by Crippen LogP contribution is 2.44. The fourth-order valence-corrected chi connectivity index (χ4v) is 5.40. The van der Waals surface area contributed by atoms with Crippen molar-refractivity contribution >= 4 is 12.1 Å². The third-order valence-electron chi connectivity index (χ3n) is 6.87. The lowest BCUT2D eigenvalue weighted by Crippen LogP contribution is -2.56. The summed E-state index contributed by atoms with van der Waals surface area (Å²) < 4.78 is 6.14. The van der Waals surface area contributed by atoms with Crippen LogP contribution in [-0.2, 0) is 9.53 Å². The van der Waals surface area contributed by atoms with Crippen molar-refractivity contribution < 1.29 is 23.9 Å². The Labute approximate surface area is 192 Å². The smallest absolute Gasteiger partial charge is 0.407 e. The quantitative estimate of drug-likeness (QED) is 0.288. The second kappa shape index (κ2) is 8.77. The summed E-state index contributed by atoms with van der Waals surface area (Å²) in [7, 11) is 3.98. The molecule has 1 saturated heterocycles. The first kappa shape index (κ1) is 22.6. The van der Waals surface area contributed by atoms with Crippen LogP contribution >= 0.6 is 0 Å². The molecule has 2 N–H and O–H groups in total. The van der Waals surface area contributed by atoms with Gasteiger partial charge in [0, 0.05) is 23.8 Å². The molecule has 9 heteroatoms. The van der Waals surface area contributed by atoms with Crippen LogP contribution in [-0.4, -0.2) is 68.0 Å². The van der Waals surface area contributed by atoms with Crippen LogP contribution in [0.3, 0.4) is 0 Å². The molecule has 1 amide bonds. The van der Waals surface area contributed by atoms with Crippen LogP contribution in [0, 0.1) is 5.41 Å². The number of hydrogen-bond acceptors (Lipinski definition) is 4. The molecular weight excluding hydrogens is 422 g/mol. The number of nitrogens with zero attached hydrogens (tertiary/aromatic N) is 4. The molecule has 4 rings (SSSR count). The number of alkyl carbamates (subject to hydrolysis) is 1. The van der Waals surface area contributed by atoms with Crippen molar-refractivity contribution in [3.63, 3.8) is 0 Å². The summed E-state index contributed by atoms with van der Waals surface area (Å²) in [5.74, 6) is -1.29. The number of carbonyl (C=O) groups is 2. The number of fused-ring (bicyclic) bond motifs is 3. The number of benzene rings is 2. The highest BCUT2D eigenvalue weighted by Gasteiger charge is 2.53. The maximum absolute atomic E-state index is 12.8. The summed E-state index contributed by atoms with van der Waals surface area (Å²) in [5.41, 5.74) is 12.3. The van der Waals surface area contributed by atoms with E-state index in [4.69, 9.17) is 10.3 Å². The largest absolute Gasteiger partial charge is 0.480 e. The first-order chi connectivity index (χ1) is 15.8. The minimum Gasteiger partial charge on any atom is -0.480 e. The number of carbonyl (C=O) groups excluding carboxylic acids is 1. The number of quaternary nitrogens is 1. The molecule has 1 aliphatic carbocycles. The van der Waals surface area contributed by atoms with Gasteiger partial charge in [-0.2, -0.15) is 0 Å². The summed E-state index contributed by atoms with van der Waals surface area (Å²) in [6, 6.07) is 14.8. The number of nitrogens with one attached hydrogen (secondary N) is 1. The summed E-state index contributed by atoms with van der Waals surface area (Å²) >= 11 is 0. The molecule has 33 heavy (non-hydrogen) atoms. The van der Waals surface area contributed by atoms with E-state index >= 15 is 0 Å². The Morgan fingerprint density at radius 3 is 2.33 bits per heavy atom. The van der Waals surface area contributed by atoms with Crippen molar-refractivity contribution in [2.45, 2.75) is 18.4 Å². The van der Waals surface area contributed by atoms with Crippen molar-refractivity contribution in [3.8, 4) is 11.1 Å². The van der Waals surface area contributed by atoms with E-state index in [0.29, 0.717) is 17.4 Å². The molecule has 1 heterocycles. The van der Waals surface area contributed by atoms with E-state index in [1.54, 1.807) is 0 Å². The minimum atomic E-state index is -1.22. The zero-order chi connectivity index (χ0) is 23.6. The van der Waals surface area contributed by atoms with Crippen molar-refractivity contribution in [1.29, 1.82) is 0 Å². The van der Waals surface area contributed by atoms with Gasteiger partial charge in [0.2, 0.25) is 0 Å². The van der Waals surface area contributed by atoms with Gasteiger partial charge in [0.15, 0.2) is 0 Å². The predicted molar refractivity (Wildman–Crippen MR) is 123 cm³/mol. The van der Waals surface area contributed by atoms with Gasteiger partial charge in [-0.1, -0.05) is 53.6 Å². The van der Waals surface area contributed by atoms with Crippen molar-refractivity contribution in [2.24, 2.45) is 10.5 Å². The normalized spacial score (nSPS) is 21.4. The first-order valence-electron chi connectivity index (χ1n) is 10.9. The topological polar surface area (TPSA) is 124 Å². The summed E-state index contributed by atoms with van der Waals surface area (Å²) in [6.07, 6.45) is -0.276. The van der Waals surface area contributed by atoms with E-state index in [1.807, 2.05) is 62.6 Å². The molecule has 1 aliphatic heterocycles. The number of ether oxygens (including phenoxy) is 1. The van der Waals surface area contributed by atoms with Crippen LogP contribution in [0.25, 0.3) is 21.6 Å². The number of likely N-dealkylation sites (tertiary alicyclic amines) is 1. The van der Waals surface area contributed by atoms with Crippen molar-refractivity contribution in [3.05, 3.63) is 70.1 Å². The lowest BCUT2D eigenvalue weighted by Gasteiger charge is -2.34. The predicted octanol–water partition coefficient (Wildman–Crippen LogP) is 3.76. The van der Waals surface area contributed by atoms with E-state index in [1.165, 1.54) is 0 Å². The third-order valence-corrected chi connectivity index (χ3v) is 6.87. The van der Waals surface area contributed by atoms with Gasteiger partial charge in [-0.3, -0.25) is 0 Å². The van der Waals surface area contributed by atoms with E-state index < -0.39 is 23.5 Å². The van der Waals surface area contributed by atoms with Crippen LogP contribution in [0.4, 0.5) is 4.79 Å². The molecule has 2 aromatic rings. The van der Waals surface area contributed by atoms with E-state index in [-0.39, 0.29) is 19.1 Å². The average Bonchev–Trinajstić information content (AvgIpc) is 3.29. The molecule has 2 aromatic carbocycles. The molecule has 172 valence electrons. The third kappa shape index (κ3) is 4.37. The zero-order valence-electron chi connectivity index (χ0n) is 18.8. The Hall–Kier alpha value is -3.55. The van der Waals surface area contributed by atoms with Gasteiger partial charge in [0.05, 0.1) is 32.6 Å². The summed E-state index contributed by atoms with van der Waals surface area (Å²) in [6.45, 7) is 1.27. The minimum absolute atomic E-state index is 0.00813. The molecule has 2 atom stereocenters. The molecule has 1 fully saturated rings. The molecule has 0 spiro atoms. The van der Waals surface area contributed by atoms with Gasteiger partial charge < -0.3 is 19.6 Å². The summed E-state index contributed by atoms with van der Waals surface area (Å²) in [5, 5.41) is 16.2. The fraction of sp³-hybridized carbons (Fsp3) is 0.417. The van der Waals surface area contributed by atoms with Gasteiger partial charge in [-0.15, -0.1) is 0 Å². The van der Waals surface area contributed by atoms with Crippen LogP contribution in [0.2, 0.25) is 0 Å². The number of amides is 1. The Bertz CT molecular complexity index is 1080. The van der Waals surface area contributed by atoms with Crippen LogP contribution in [0.15, 0.2) is 53.6 Å². The standard InChI is InChI=1S/C24H27N5O4/c1-29(2)12-11-24(15-29,14-26-28-25)21(22(30)31)27-23(32)33-13-20-18-9-5-3-7-16(18)17-8-4-6-10-19(17)20/h3-10,20-21H,11-15H2,1-2H3,(H-,27,30,31,32)/p+1/t21-,24+/m1/s1. The van der Waals surface area contributed by atoms with Crippen molar-refractivity contribution in [1.82, 2.24) is 5.32 Å². The van der Waals surface area contributed by atoms with Gasteiger partial charge in [0.1, 0.15) is 12.6 Å². The zero-order valence-corrected chi connectivity index (χ0v) is 18.8. The highest BCUT2D eigenvalue weighted by molar-refractivity contribution is 5.82. The van der Waals surface area contributed by atoms with E-state index in [9.17, 15) is 14.7 Å². The molecule has 0 saturated carbocycles. The van der Waals surface area contributed by atoms with E-state index in [0.717, 1.165) is 28.8 Å². The van der Waals surface area contributed by atoms with Crippen LogP contribution < -0.4 is 5.32 Å². The highest BCUT2D eigenvalue weighted by atomic mass is 16.5. The number of carboxylic acids is 1. The number of carboxylic acid groups (broad SMARTS) is 1.